The minimum Gasteiger partial charge on any atom is -0.327 e. The molecule has 1 aromatic carbocycles. The molecule has 2 aromatic rings. The van der Waals surface area contributed by atoms with E-state index in [0.717, 1.165) is 12.5 Å². The standard InChI is InChI=1S/C16H16FN3O2S/c1-9-7-11(9)14(21)18-13-4-3-10(17)8-12(13)15(22)19-16-20(2)5-6-23-16/h3-6,8-9,11H,7H2,1-2H3,(H,18,21)/t9-,11-/m1/s1. The Bertz CT molecular complexity index is 840. The molecule has 1 saturated carbocycles. The number of anilines is 1. The van der Waals surface area contributed by atoms with Crippen LogP contribution in [-0.4, -0.2) is 16.4 Å². The molecule has 0 unspecified atom stereocenters. The van der Waals surface area contributed by atoms with E-state index in [9.17, 15) is 14.0 Å². The minimum absolute atomic E-state index is 0.0324. The molecule has 0 spiro atoms. The van der Waals surface area contributed by atoms with Crippen LogP contribution in [0, 0.1) is 17.7 Å². The first-order valence-corrected chi connectivity index (χ1v) is 8.13. The molecule has 1 aliphatic carbocycles. The van der Waals surface area contributed by atoms with E-state index in [1.165, 1.54) is 23.5 Å². The number of carbonyl (C=O) groups excluding carboxylic acids is 2. The molecule has 1 heterocycles. The number of halogens is 1. The van der Waals surface area contributed by atoms with Crippen LogP contribution in [0.4, 0.5) is 10.1 Å². The van der Waals surface area contributed by atoms with Gasteiger partial charge in [0.2, 0.25) is 5.91 Å². The highest BCUT2D eigenvalue weighted by atomic mass is 32.1. The van der Waals surface area contributed by atoms with Crippen molar-refractivity contribution in [3.8, 4) is 0 Å². The van der Waals surface area contributed by atoms with E-state index >= 15 is 0 Å². The van der Waals surface area contributed by atoms with Crippen LogP contribution in [0.25, 0.3) is 0 Å². The summed E-state index contributed by atoms with van der Waals surface area (Å²) in [4.78, 5) is 28.9. The number of benzene rings is 1. The molecule has 0 radical (unpaired) electrons. The van der Waals surface area contributed by atoms with Crippen LogP contribution in [0.5, 0.6) is 0 Å². The van der Waals surface area contributed by atoms with E-state index in [1.54, 1.807) is 23.2 Å². The number of amides is 2. The first-order valence-electron chi connectivity index (χ1n) is 7.25. The highest BCUT2D eigenvalue weighted by Gasteiger charge is 2.39. The lowest BCUT2D eigenvalue weighted by molar-refractivity contribution is -0.117. The van der Waals surface area contributed by atoms with Crippen molar-refractivity contribution in [2.75, 3.05) is 5.32 Å². The van der Waals surface area contributed by atoms with Crippen molar-refractivity contribution in [1.29, 1.82) is 0 Å². The van der Waals surface area contributed by atoms with E-state index in [1.807, 2.05) is 6.92 Å². The number of nitrogens with one attached hydrogen (secondary N) is 1. The topological polar surface area (TPSA) is 63.5 Å². The van der Waals surface area contributed by atoms with Gasteiger partial charge in [-0.05, 0) is 30.5 Å². The monoisotopic (exact) mass is 333 g/mol. The number of aromatic nitrogens is 1. The first kappa shape index (κ1) is 15.6. The summed E-state index contributed by atoms with van der Waals surface area (Å²) < 4.78 is 15.2. The van der Waals surface area contributed by atoms with Crippen LogP contribution in [0.3, 0.4) is 0 Å². The van der Waals surface area contributed by atoms with Gasteiger partial charge in [0, 0.05) is 24.5 Å². The largest absolute Gasteiger partial charge is 0.327 e. The molecule has 0 aliphatic heterocycles. The molecule has 1 fully saturated rings. The predicted octanol–water partition coefficient (Wildman–Crippen LogP) is 2.56. The summed E-state index contributed by atoms with van der Waals surface area (Å²) in [5.74, 6) is -0.946. The van der Waals surface area contributed by atoms with Gasteiger partial charge in [-0.1, -0.05) is 6.92 Å². The highest BCUT2D eigenvalue weighted by Crippen LogP contribution is 2.38. The summed E-state index contributed by atoms with van der Waals surface area (Å²) >= 11 is 1.31. The maximum absolute atomic E-state index is 13.5. The molecule has 120 valence electrons. The van der Waals surface area contributed by atoms with E-state index < -0.39 is 11.7 Å². The Hall–Kier alpha value is -2.28. The molecule has 7 heteroatoms. The van der Waals surface area contributed by atoms with Crippen molar-refractivity contribution in [3.05, 3.63) is 46.0 Å². The fraction of sp³-hybridized carbons (Fsp3) is 0.312. The Kier molecular flexibility index (Phi) is 4.12. The third-order valence-corrected chi connectivity index (χ3v) is 4.72. The first-order chi connectivity index (χ1) is 11.0. The maximum atomic E-state index is 13.5. The second kappa shape index (κ2) is 6.08. The van der Waals surface area contributed by atoms with Gasteiger partial charge in [0.15, 0.2) is 4.80 Å². The fourth-order valence-corrected chi connectivity index (χ4v) is 3.02. The zero-order valence-electron chi connectivity index (χ0n) is 12.7. The van der Waals surface area contributed by atoms with Crippen LogP contribution in [0.1, 0.15) is 23.7 Å². The van der Waals surface area contributed by atoms with E-state index in [2.05, 4.69) is 10.3 Å². The predicted molar refractivity (Wildman–Crippen MR) is 85.5 cm³/mol. The minimum atomic E-state index is -0.582. The Morgan fingerprint density at radius 3 is 2.78 bits per heavy atom. The van der Waals surface area contributed by atoms with E-state index in [0.29, 0.717) is 16.4 Å². The molecule has 1 aromatic heterocycles. The van der Waals surface area contributed by atoms with Crippen LogP contribution >= 0.6 is 11.3 Å². The van der Waals surface area contributed by atoms with Crippen molar-refractivity contribution < 1.29 is 14.0 Å². The number of nitrogens with zero attached hydrogens (tertiary/aromatic N) is 2. The van der Waals surface area contributed by atoms with Crippen LogP contribution in [0.2, 0.25) is 0 Å². The van der Waals surface area contributed by atoms with Gasteiger partial charge in [0.05, 0.1) is 11.3 Å². The molecule has 1 N–H and O–H groups in total. The lowest BCUT2D eigenvalue weighted by Crippen LogP contribution is -2.18. The average molecular weight is 333 g/mol. The van der Waals surface area contributed by atoms with Gasteiger partial charge in [0.1, 0.15) is 5.82 Å². The summed E-state index contributed by atoms with van der Waals surface area (Å²) in [6.07, 6.45) is 2.62. The van der Waals surface area contributed by atoms with Gasteiger partial charge >= 0.3 is 0 Å². The van der Waals surface area contributed by atoms with Gasteiger partial charge in [-0.3, -0.25) is 9.59 Å². The molecule has 3 rings (SSSR count). The Labute approximate surface area is 136 Å². The van der Waals surface area contributed by atoms with Gasteiger partial charge in [-0.25, -0.2) is 4.39 Å². The number of hydrogen-bond acceptors (Lipinski definition) is 3. The summed E-state index contributed by atoms with van der Waals surface area (Å²) in [7, 11) is 1.77. The van der Waals surface area contributed by atoms with Crippen molar-refractivity contribution in [3.63, 3.8) is 0 Å². The van der Waals surface area contributed by atoms with E-state index in [4.69, 9.17) is 0 Å². The number of aryl methyl sites for hydroxylation is 1. The normalized spacial score (nSPS) is 20.4. The second-order valence-electron chi connectivity index (χ2n) is 5.71. The Balaban J connectivity index is 1.91. The van der Waals surface area contributed by atoms with Crippen LogP contribution < -0.4 is 10.1 Å². The number of carbonyl (C=O) groups is 2. The lowest BCUT2D eigenvalue weighted by atomic mass is 10.1. The maximum Gasteiger partial charge on any atom is 0.281 e. The fourth-order valence-electron chi connectivity index (χ4n) is 2.30. The summed E-state index contributed by atoms with van der Waals surface area (Å²) in [5.41, 5.74) is 0.350. The van der Waals surface area contributed by atoms with E-state index in [-0.39, 0.29) is 17.4 Å². The molecule has 0 saturated heterocycles. The smallest absolute Gasteiger partial charge is 0.281 e. The molecular weight excluding hydrogens is 317 g/mol. The molecule has 0 bridgehead atoms. The quantitative estimate of drug-likeness (QED) is 0.938. The SMILES string of the molecule is C[C@@H]1C[C@H]1C(=O)Nc1ccc(F)cc1C(=O)N=c1sccn1C. The molecule has 1 aliphatic rings. The molecule has 5 nitrogen and oxygen atoms in total. The number of hydrogen-bond donors (Lipinski definition) is 1. The number of thiazole rings is 1. The third-order valence-electron chi connectivity index (χ3n) is 3.87. The Morgan fingerprint density at radius 1 is 1.43 bits per heavy atom. The third kappa shape index (κ3) is 3.39. The molecular formula is C16H16FN3O2S. The lowest BCUT2D eigenvalue weighted by Gasteiger charge is -2.08. The van der Waals surface area contributed by atoms with Crippen molar-refractivity contribution in [2.24, 2.45) is 23.9 Å². The zero-order chi connectivity index (χ0) is 16.6. The average Bonchev–Trinajstić information content (AvgIpc) is 3.12. The molecule has 2 atom stereocenters. The van der Waals surface area contributed by atoms with Gasteiger partial charge in [-0.15, -0.1) is 11.3 Å². The van der Waals surface area contributed by atoms with Crippen LogP contribution in [-0.2, 0) is 11.8 Å². The zero-order valence-corrected chi connectivity index (χ0v) is 13.6. The summed E-state index contributed by atoms with van der Waals surface area (Å²) in [5, 5.41) is 4.52. The molecule has 23 heavy (non-hydrogen) atoms. The van der Waals surface area contributed by atoms with Crippen molar-refractivity contribution in [1.82, 2.24) is 4.57 Å². The Morgan fingerprint density at radius 2 is 2.17 bits per heavy atom. The summed E-state index contributed by atoms with van der Waals surface area (Å²) in [6.45, 7) is 1.99. The van der Waals surface area contributed by atoms with Crippen molar-refractivity contribution >= 4 is 28.8 Å². The van der Waals surface area contributed by atoms with Crippen molar-refractivity contribution in [2.45, 2.75) is 13.3 Å². The van der Waals surface area contributed by atoms with Gasteiger partial charge in [-0.2, -0.15) is 4.99 Å². The molecule has 2 amide bonds. The van der Waals surface area contributed by atoms with Gasteiger partial charge < -0.3 is 9.88 Å². The summed E-state index contributed by atoms with van der Waals surface area (Å²) in [6, 6.07) is 3.72. The second-order valence-corrected chi connectivity index (χ2v) is 6.59. The van der Waals surface area contributed by atoms with Gasteiger partial charge in [0.25, 0.3) is 5.91 Å². The number of rotatable bonds is 3. The highest BCUT2D eigenvalue weighted by molar-refractivity contribution is 7.07. The van der Waals surface area contributed by atoms with Crippen LogP contribution in [0.15, 0.2) is 34.8 Å².